The fraction of sp³-hybridized carbons (Fsp3) is 0.471. The van der Waals surface area contributed by atoms with Crippen LogP contribution < -0.4 is 4.74 Å². The first-order valence-electron chi connectivity index (χ1n) is 8.00. The van der Waals surface area contributed by atoms with E-state index < -0.39 is 0 Å². The summed E-state index contributed by atoms with van der Waals surface area (Å²) < 4.78 is 5.55. The molecule has 2 aliphatic rings. The highest BCUT2D eigenvalue weighted by molar-refractivity contribution is 8.14. The van der Waals surface area contributed by atoms with Gasteiger partial charge in [-0.05, 0) is 37.5 Å². The number of ether oxygens (including phenoxy) is 1. The molecule has 0 radical (unpaired) electrons. The number of amides is 3. The molecule has 0 aromatic heterocycles. The molecule has 0 atom stereocenters. The maximum atomic E-state index is 12.3. The van der Waals surface area contributed by atoms with Gasteiger partial charge in [0.05, 0.1) is 5.75 Å². The van der Waals surface area contributed by atoms with Crippen molar-refractivity contribution in [2.75, 3.05) is 25.4 Å². The molecule has 0 bridgehead atoms. The highest BCUT2D eigenvalue weighted by Gasteiger charge is 2.37. The minimum atomic E-state index is -0.160. The summed E-state index contributed by atoms with van der Waals surface area (Å²) in [5.74, 6) is 0.743. The first-order chi connectivity index (χ1) is 11.5. The molecule has 2 aliphatic heterocycles. The van der Waals surface area contributed by atoms with Crippen LogP contribution in [0.5, 0.6) is 5.75 Å². The van der Waals surface area contributed by atoms with E-state index in [1.165, 1.54) is 4.90 Å². The van der Waals surface area contributed by atoms with Crippen LogP contribution in [-0.4, -0.2) is 58.3 Å². The number of nitrogens with zero attached hydrogens (tertiary/aromatic N) is 2. The number of hydrogen-bond donors (Lipinski definition) is 0. The Hall–Kier alpha value is -2.02. The van der Waals surface area contributed by atoms with Gasteiger partial charge in [-0.1, -0.05) is 23.9 Å². The fourth-order valence-electron chi connectivity index (χ4n) is 3.03. The lowest BCUT2D eigenvalue weighted by atomic mass is 10.0. The number of carbonyl (C=O) groups is 3. The molecular formula is C17H20N2O4S. The summed E-state index contributed by atoms with van der Waals surface area (Å²) >= 11 is 1.06. The predicted octanol–water partition coefficient (Wildman–Crippen LogP) is 2.06. The first-order valence-corrected chi connectivity index (χ1v) is 8.99. The second-order valence-corrected chi connectivity index (χ2v) is 6.96. The van der Waals surface area contributed by atoms with Gasteiger partial charge in [0.15, 0.2) is 6.61 Å². The third kappa shape index (κ3) is 3.72. The van der Waals surface area contributed by atoms with Gasteiger partial charge in [0.25, 0.3) is 11.1 Å². The predicted molar refractivity (Wildman–Crippen MR) is 91.0 cm³/mol. The molecular weight excluding hydrogens is 328 g/mol. The van der Waals surface area contributed by atoms with Crippen molar-refractivity contribution in [2.45, 2.75) is 25.8 Å². The van der Waals surface area contributed by atoms with Gasteiger partial charge in [-0.15, -0.1) is 0 Å². The van der Waals surface area contributed by atoms with Gasteiger partial charge < -0.3 is 9.64 Å². The lowest BCUT2D eigenvalue weighted by molar-refractivity contribution is -0.135. The van der Waals surface area contributed by atoms with Crippen LogP contribution in [0.25, 0.3) is 0 Å². The van der Waals surface area contributed by atoms with E-state index in [-0.39, 0.29) is 35.5 Å². The van der Waals surface area contributed by atoms with Gasteiger partial charge in [-0.3, -0.25) is 19.3 Å². The van der Waals surface area contributed by atoms with Crippen molar-refractivity contribution in [3.8, 4) is 5.75 Å². The SMILES string of the molecule is Cc1cccc(OCC(=O)N2CCC(N3C(=O)CSC3=O)CC2)c1. The van der Waals surface area contributed by atoms with Crippen LogP contribution in [0.4, 0.5) is 4.79 Å². The van der Waals surface area contributed by atoms with Crippen molar-refractivity contribution in [3.63, 3.8) is 0 Å². The Labute approximate surface area is 145 Å². The molecule has 0 spiro atoms. The molecule has 0 aliphatic carbocycles. The van der Waals surface area contributed by atoms with Crippen molar-refractivity contribution >= 4 is 28.8 Å². The zero-order valence-electron chi connectivity index (χ0n) is 13.6. The lowest BCUT2D eigenvalue weighted by Crippen LogP contribution is -2.49. The maximum Gasteiger partial charge on any atom is 0.289 e. The molecule has 0 N–H and O–H groups in total. The third-order valence-electron chi connectivity index (χ3n) is 4.32. The quantitative estimate of drug-likeness (QED) is 0.833. The topological polar surface area (TPSA) is 66.9 Å². The van der Waals surface area contributed by atoms with E-state index in [1.807, 2.05) is 31.2 Å². The molecule has 1 aromatic carbocycles. The highest BCUT2D eigenvalue weighted by atomic mass is 32.2. The van der Waals surface area contributed by atoms with Crippen LogP contribution in [0.3, 0.4) is 0 Å². The zero-order valence-corrected chi connectivity index (χ0v) is 14.4. The number of rotatable bonds is 4. The summed E-state index contributed by atoms with van der Waals surface area (Å²) in [5, 5.41) is -0.160. The van der Waals surface area contributed by atoms with Crippen LogP contribution >= 0.6 is 11.8 Å². The molecule has 0 unspecified atom stereocenters. The number of carbonyl (C=O) groups excluding carboxylic acids is 3. The number of piperidine rings is 1. The maximum absolute atomic E-state index is 12.3. The van der Waals surface area contributed by atoms with Crippen LogP contribution in [-0.2, 0) is 9.59 Å². The molecule has 24 heavy (non-hydrogen) atoms. The molecule has 7 heteroatoms. The van der Waals surface area contributed by atoms with Crippen molar-refractivity contribution in [3.05, 3.63) is 29.8 Å². The monoisotopic (exact) mass is 348 g/mol. The van der Waals surface area contributed by atoms with E-state index in [9.17, 15) is 14.4 Å². The highest BCUT2D eigenvalue weighted by Crippen LogP contribution is 2.26. The number of likely N-dealkylation sites (tertiary alicyclic amines) is 1. The summed E-state index contributed by atoms with van der Waals surface area (Å²) in [4.78, 5) is 38.9. The smallest absolute Gasteiger partial charge is 0.289 e. The Balaban J connectivity index is 1.48. The minimum Gasteiger partial charge on any atom is -0.484 e. The summed E-state index contributed by atoms with van der Waals surface area (Å²) in [6, 6.07) is 7.50. The number of benzene rings is 1. The van der Waals surface area contributed by atoms with Crippen molar-refractivity contribution in [1.82, 2.24) is 9.80 Å². The third-order valence-corrected chi connectivity index (χ3v) is 5.15. The Morgan fingerprint density at radius 2 is 2.04 bits per heavy atom. The normalized spacial score (nSPS) is 19.0. The van der Waals surface area contributed by atoms with Crippen molar-refractivity contribution in [1.29, 1.82) is 0 Å². The number of aryl methyl sites for hydroxylation is 1. The number of imide groups is 1. The van der Waals surface area contributed by atoms with E-state index in [2.05, 4.69) is 0 Å². The molecule has 3 rings (SSSR count). The zero-order chi connectivity index (χ0) is 17.1. The largest absolute Gasteiger partial charge is 0.484 e. The molecule has 2 fully saturated rings. The summed E-state index contributed by atoms with van der Waals surface area (Å²) in [6.07, 6.45) is 1.27. The van der Waals surface area contributed by atoms with Crippen LogP contribution in [0, 0.1) is 6.92 Å². The molecule has 0 saturated carbocycles. The molecule has 6 nitrogen and oxygen atoms in total. The summed E-state index contributed by atoms with van der Waals surface area (Å²) in [7, 11) is 0. The van der Waals surface area contributed by atoms with E-state index >= 15 is 0 Å². The fourth-order valence-corrected chi connectivity index (χ4v) is 3.81. The van der Waals surface area contributed by atoms with Crippen LogP contribution in [0.15, 0.2) is 24.3 Å². The summed E-state index contributed by atoms with van der Waals surface area (Å²) in [6.45, 7) is 3.06. The van der Waals surface area contributed by atoms with Gasteiger partial charge in [0, 0.05) is 19.1 Å². The molecule has 2 saturated heterocycles. The Bertz CT molecular complexity index is 640. The van der Waals surface area contributed by atoms with E-state index in [0.717, 1.165) is 17.3 Å². The number of thioether (sulfide) groups is 1. The van der Waals surface area contributed by atoms with Crippen LogP contribution in [0.2, 0.25) is 0 Å². The second kappa shape index (κ2) is 7.25. The van der Waals surface area contributed by atoms with Crippen LogP contribution in [0.1, 0.15) is 18.4 Å². The first kappa shape index (κ1) is 16.8. The van der Waals surface area contributed by atoms with Gasteiger partial charge in [-0.2, -0.15) is 0 Å². The standard InChI is InChI=1S/C17H20N2O4S/c1-12-3-2-4-14(9-12)23-10-15(20)18-7-5-13(6-8-18)19-16(21)11-24-17(19)22/h2-4,9,13H,5-8,10-11H2,1H3. The Morgan fingerprint density at radius 1 is 1.29 bits per heavy atom. The molecule has 1 aromatic rings. The Kier molecular flexibility index (Phi) is 5.08. The molecule has 3 amide bonds. The number of hydrogen-bond acceptors (Lipinski definition) is 5. The van der Waals surface area contributed by atoms with E-state index in [0.29, 0.717) is 31.7 Å². The molecule has 128 valence electrons. The van der Waals surface area contributed by atoms with E-state index in [4.69, 9.17) is 4.74 Å². The second-order valence-electron chi connectivity index (χ2n) is 6.04. The van der Waals surface area contributed by atoms with Gasteiger partial charge in [-0.25, -0.2) is 0 Å². The molecule has 2 heterocycles. The average molecular weight is 348 g/mol. The van der Waals surface area contributed by atoms with Crippen molar-refractivity contribution < 1.29 is 19.1 Å². The van der Waals surface area contributed by atoms with Gasteiger partial charge >= 0.3 is 0 Å². The van der Waals surface area contributed by atoms with Gasteiger partial charge in [0.1, 0.15) is 5.75 Å². The Morgan fingerprint density at radius 3 is 2.67 bits per heavy atom. The van der Waals surface area contributed by atoms with Gasteiger partial charge in [0.2, 0.25) is 5.91 Å². The lowest BCUT2D eigenvalue weighted by Gasteiger charge is -2.35. The summed E-state index contributed by atoms with van der Waals surface area (Å²) in [5.41, 5.74) is 1.08. The average Bonchev–Trinajstić information content (AvgIpc) is 2.92. The van der Waals surface area contributed by atoms with Crippen molar-refractivity contribution in [2.24, 2.45) is 0 Å². The van der Waals surface area contributed by atoms with E-state index in [1.54, 1.807) is 4.90 Å². The minimum absolute atomic E-state index is 0.00550.